The second-order valence-electron chi connectivity index (χ2n) is 7.84. The highest BCUT2D eigenvalue weighted by molar-refractivity contribution is 7.22. The Labute approximate surface area is 175 Å². The maximum Gasteiger partial charge on any atom is 0.254 e. The van der Waals surface area contributed by atoms with Gasteiger partial charge in [0.15, 0.2) is 5.13 Å². The molecule has 0 aliphatic carbocycles. The molecule has 2 saturated heterocycles. The van der Waals surface area contributed by atoms with E-state index < -0.39 is 0 Å². The lowest BCUT2D eigenvalue weighted by Crippen LogP contribution is -2.48. The van der Waals surface area contributed by atoms with E-state index in [2.05, 4.69) is 34.1 Å². The Bertz CT molecular complexity index is 989. The maximum absolute atomic E-state index is 13.1. The van der Waals surface area contributed by atoms with Crippen LogP contribution in [-0.2, 0) is 0 Å². The Morgan fingerprint density at radius 2 is 1.59 bits per heavy atom. The van der Waals surface area contributed by atoms with Gasteiger partial charge in [-0.25, -0.2) is 4.98 Å². The number of benzene rings is 2. The zero-order valence-corrected chi connectivity index (χ0v) is 17.4. The molecular weight excluding hydrogens is 380 g/mol. The number of carbonyl (C=O) groups is 1. The van der Waals surface area contributed by atoms with Crippen molar-refractivity contribution >= 4 is 38.3 Å². The Hall–Kier alpha value is -2.60. The van der Waals surface area contributed by atoms with Gasteiger partial charge in [-0.15, -0.1) is 0 Å². The van der Waals surface area contributed by atoms with Crippen LogP contribution in [0.5, 0.6) is 0 Å². The molecule has 3 heterocycles. The Morgan fingerprint density at radius 1 is 0.828 bits per heavy atom. The first-order valence-corrected chi connectivity index (χ1v) is 11.3. The minimum atomic E-state index is 0.132. The van der Waals surface area contributed by atoms with Crippen molar-refractivity contribution in [2.45, 2.75) is 19.3 Å². The molecule has 3 aromatic rings. The zero-order chi connectivity index (χ0) is 19.6. The molecule has 0 radical (unpaired) electrons. The molecule has 5 nitrogen and oxygen atoms in total. The number of rotatable bonds is 3. The smallest absolute Gasteiger partial charge is 0.254 e. The van der Waals surface area contributed by atoms with Gasteiger partial charge >= 0.3 is 0 Å². The molecule has 0 unspecified atom stereocenters. The molecule has 0 spiro atoms. The van der Waals surface area contributed by atoms with E-state index in [9.17, 15) is 4.79 Å². The van der Waals surface area contributed by atoms with Crippen LogP contribution >= 0.6 is 11.3 Å². The summed E-state index contributed by atoms with van der Waals surface area (Å²) in [5, 5.41) is 1.10. The van der Waals surface area contributed by atoms with Gasteiger partial charge in [0.1, 0.15) is 0 Å². The lowest BCUT2D eigenvalue weighted by Gasteiger charge is -2.36. The van der Waals surface area contributed by atoms with Crippen LogP contribution in [0, 0.1) is 0 Å². The lowest BCUT2D eigenvalue weighted by molar-refractivity contribution is 0.0747. The molecule has 2 aliphatic heterocycles. The second kappa shape index (κ2) is 8.03. The highest BCUT2D eigenvalue weighted by atomic mass is 32.1. The molecule has 5 rings (SSSR count). The predicted octanol–water partition coefficient (Wildman–Crippen LogP) is 4.25. The van der Waals surface area contributed by atoms with Gasteiger partial charge in [0.25, 0.3) is 5.91 Å². The fraction of sp³-hybridized carbons (Fsp3) is 0.391. The largest absolute Gasteiger partial charge is 0.368 e. The van der Waals surface area contributed by atoms with Crippen molar-refractivity contribution in [3.05, 3.63) is 54.1 Å². The van der Waals surface area contributed by atoms with E-state index in [1.165, 1.54) is 24.9 Å². The van der Waals surface area contributed by atoms with Crippen LogP contribution in [-0.4, -0.2) is 55.1 Å². The summed E-state index contributed by atoms with van der Waals surface area (Å²) in [6.07, 6.45) is 3.81. The fourth-order valence-electron chi connectivity index (χ4n) is 4.26. The first-order valence-electron chi connectivity index (χ1n) is 10.5. The second-order valence-corrected chi connectivity index (χ2v) is 8.85. The Balaban J connectivity index is 1.28. The van der Waals surface area contributed by atoms with E-state index in [0.717, 1.165) is 60.2 Å². The van der Waals surface area contributed by atoms with Gasteiger partial charge in [-0.3, -0.25) is 4.79 Å². The van der Waals surface area contributed by atoms with Crippen molar-refractivity contribution in [3.8, 4) is 0 Å². The van der Waals surface area contributed by atoms with Gasteiger partial charge in [0.2, 0.25) is 0 Å². The quantitative estimate of drug-likeness (QED) is 0.652. The molecule has 0 atom stereocenters. The van der Waals surface area contributed by atoms with E-state index in [1.54, 1.807) is 11.3 Å². The van der Waals surface area contributed by atoms with Gasteiger partial charge in [-0.1, -0.05) is 29.5 Å². The number of amides is 1. The van der Waals surface area contributed by atoms with Crippen LogP contribution in [0.3, 0.4) is 0 Å². The topological polar surface area (TPSA) is 39.7 Å². The number of thiazole rings is 1. The SMILES string of the molecule is O=C(c1ccc2nc(N3CCCCC3)sc2c1)N1CCN(c2ccccc2)CC1. The third-order valence-electron chi connectivity index (χ3n) is 5.94. The van der Waals surface area contributed by atoms with Gasteiger partial charge in [0.05, 0.1) is 10.2 Å². The summed E-state index contributed by atoms with van der Waals surface area (Å²) in [6.45, 7) is 5.45. The number of hydrogen-bond donors (Lipinski definition) is 0. The number of hydrogen-bond acceptors (Lipinski definition) is 5. The van der Waals surface area contributed by atoms with Crippen LogP contribution < -0.4 is 9.80 Å². The fourth-order valence-corrected chi connectivity index (χ4v) is 5.31. The summed E-state index contributed by atoms with van der Waals surface area (Å²) in [5.41, 5.74) is 3.01. The number of piperazine rings is 1. The molecule has 1 amide bonds. The van der Waals surface area contributed by atoms with Crippen LogP contribution in [0.1, 0.15) is 29.6 Å². The average Bonchev–Trinajstić information content (AvgIpc) is 3.23. The van der Waals surface area contributed by atoms with Crippen LogP contribution in [0.15, 0.2) is 48.5 Å². The molecule has 0 saturated carbocycles. The highest BCUT2D eigenvalue weighted by Gasteiger charge is 2.23. The predicted molar refractivity (Wildman–Crippen MR) is 120 cm³/mol. The van der Waals surface area contributed by atoms with Crippen molar-refractivity contribution in [3.63, 3.8) is 0 Å². The molecule has 2 fully saturated rings. The van der Waals surface area contributed by atoms with E-state index in [1.807, 2.05) is 29.2 Å². The molecular formula is C23H26N4OS. The molecule has 6 heteroatoms. The number of carbonyl (C=O) groups excluding carboxylic acids is 1. The summed E-state index contributed by atoms with van der Waals surface area (Å²) in [6, 6.07) is 16.4. The van der Waals surface area contributed by atoms with Crippen molar-refractivity contribution in [1.82, 2.24) is 9.88 Å². The normalized spacial score (nSPS) is 17.7. The van der Waals surface area contributed by atoms with E-state index in [4.69, 9.17) is 4.98 Å². The molecule has 29 heavy (non-hydrogen) atoms. The van der Waals surface area contributed by atoms with Crippen LogP contribution in [0.25, 0.3) is 10.2 Å². The molecule has 150 valence electrons. The molecule has 2 aliphatic rings. The van der Waals surface area contributed by atoms with Crippen molar-refractivity contribution in [2.24, 2.45) is 0 Å². The minimum absolute atomic E-state index is 0.132. The first kappa shape index (κ1) is 18.4. The Kier molecular flexibility index (Phi) is 5.10. The van der Waals surface area contributed by atoms with E-state index in [-0.39, 0.29) is 5.91 Å². The van der Waals surface area contributed by atoms with E-state index >= 15 is 0 Å². The summed E-state index contributed by atoms with van der Waals surface area (Å²) in [5.74, 6) is 0.132. The van der Waals surface area contributed by atoms with Gasteiger partial charge in [-0.05, 0) is 49.6 Å². The minimum Gasteiger partial charge on any atom is -0.368 e. The standard InChI is InChI=1S/C23H26N4OS/c28-22(26-15-13-25(14-16-26)19-7-3-1-4-8-19)18-9-10-20-21(17-18)29-23(24-20)27-11-5-2-6-12-27/h1,3-4,7-10,17H,2,5-6,11-16H2. The summed E-state index contributed by atoms with van der Waals surface area (Å²) in [7, 11) is 0. The summed E-state index contributed by atoms with van der Waals surface area (Å²) < 4.78 is 1.11. The van der Waals surface area contributed by atoms with Gasteiger partial charge in [0, 0.05) is 50.5 Å². The third kappa shape index (κ3) is 3.81. The average molecular weight is 407 g/mol. The molecule has 0 bridgehead atoms. The number of para-hydroxylation sites is 1. The number of nitrogens with zero attached hydrogens (tertiary/aromatic N) is 4. The highest BCUT2D eigenvalue weighted by Crippen LogP contribution is 2.31. The number of fused-ring (bicyclic) bond motifs is 1. The molecule has 0 N–H and O–H groups in total. The monoisotopic (exact) mass is 406 g/mol. The first-order chi connectivity index (χ1) is 14.3. The van der Waals surface area contributed by atoms with Gasteiger partial charge in [-0.2, -0.15) is 0 Å². The van der Waals surface area contributed by atoms with Crippen molar-refractivity contribution in [1.29, 1.82) is 0 Å². The van der Waals surface area contributed by atoms with E-state index in [0.29, 0.717) is 0 Å². The molecule has 2 aromatic carbocycles. The van der Waals surface area contributed by atoms with Crippen LogP contribution in [0.2, 0.25) is 0 Å². The number of aromatic nitrogens is 1. The summed E-state index contributed by atoms with van der Waals surface area (Å²) in [4.78, 5) is 24.6. The lowest BCUT2D eigenvalue weighted by atomic mass is 10.1. The number of anilines is 2. The van der Waals surface area contributed by atoms with Gasteiger partial charge < -0.3 is 14.7 Å². The van der Waals surface area contributed by atoms with Crippen molar-refractivity contribution < 1.29 is 4.79 Å². The third-order valence-corrected chi connectivity index (χ3v) is 7.02. The molecule has 1 aromatic heterocycles. The number of piperidine rings is 1. The van der Waals surface area contributed by atoms with Crippen LogP contribution in [0.4, 0.5) is 10.8 Å². The Morgan fingerprint density at radius 3 is 2.34 bits per heavy atom. The summed E-state index contributed by atoms with van der Waals surface area (Å²) >= 11 is 1.72. The maximum atomic E-state index is 13.1. The zero-order valence-electron chi connectivity index (χ0n) is 16.6. The van der Waals surface area contributed by atoms with Crippen molar-refractivity contribution in [2.75, 3.05) is 49.1 Å².